The van der Waals surface area contributed by atoms with E-state index < -0.39 is 6.03 Å². The number of nitrogens with one attached hydrogen (secondary N) is 2. The van der Waals surface area contributed by atoms with Crippen molar-refractivity contribution in [2.45, 2.75) is 29.8 Å². The molecule has 1 atom stereocenters. The third-order valence-electron chi connectivity index (χ3n) is 4.44. The summed E-state index contributed by atoms with van der Waals surface area (Å²) in [4.78, 5) is 23.3. The van der Waals surface area contributed by atoms with Crippen LogP contribution in [0.15, 0.2) is 59.8 Å². The van der Waals surface area contributed by atoms with E-state index in [4.69, 9.17) is 11.6 Å². The molecule has 1 aliphatic heterocycles. The van der Waals surface area contributed by atoms with E-state index in [0.717, 1.165) is 16.6 Å². The van der Waals surface area contributed by atoms with Crippen molar-refractivity contribution >= 4 is 35.3 Å². The van der Waals surface area contributed by atoms with Crippen molar-refractivity contribution < 1.29 is 9.59 Å². The van der Waals surface area contributed by atoms with Gasteiger partial charge in [-0.05, 0) is 29.8 Å². The molecule has 0 spiro atoms. The van der Waals surface area contributed by atoms with Crippen molar-refractivity contribution in [2.75, 3.05) is 0 Å². The van der Waals surface area contributed by atoms with Gasteiger partial charge in [0.25, 0.3) is 0 Å². The summed E-state index contributed by atoms with van der Waals surface area (Å²) in [6.07, 6.45) is 0.590. The van der Waals surface area contributed by atoms with Gasteiger partial charge in [-0.15, -0.1) is 10.2 Å². The van der Waals surface area contributed by atoms with Crippen molar-refractivity contribution in [3.8, 4) is 5.69 Å². The maximum absolute atomic E-state index is 11.7. The third kappa shape index (κ3) is 4.78. The number of carbonyl (C=O) groups excluding carboxylic acids is 2. The topological polar surface area (TPSA) is 88.9 Å². The predicted molar refractivity (Wildman–Crippen MR) is 111 cm³/mol. The van der Waals surface area contributed by atoms with Gasteiger partial charge in [-0.25, -0.2) is 4.79 Å². The predicted octanol–water partition coefficient (Wildman–Crippen LogP) is 3.35. The molecule has 1 unspecified atom stereocenters. The fourth-order valence-electron chi connectivity index (χ4n) is 3.12. The van der Waals surface area contributed by atoms with E-state index >= 15 is 0 Å². The van der Waals surface area contributed by atoms with Crippen molar-refractivity contribution in [2.24, 2.45) is 0 Å². The summed E-state index contributed by atoms with van der Waals surface area (Å²) in [6, 6.07) is 16.7. The molecule has 3 aromatic rings. The van der Waals surface area contributed by atoms with Crippen LogP contribution in [-0.2, 0) is 17.0 Å². The van der Waals surface area contributed by atoms with Crippen molar-refractivity contribution in [1.82, 2.24) is 25.4 Å². The standard InChI is InChI=1S/C20H18ClN5O2S/c21-14-6-8-16(9-7-14)26-17(10-15-11-18(27)23-19(28)22-15)24-25-20(26)29-12-13-4-2-1-3-5-13/h1-9,15H,10-12H2,(H2,22,23,27,28). The van der Waals surface area contributed by atoms with Gasteiger partial charge in [-0.3, -0.25) is 14.7 Å². The van der Waals surface area contributed by atoms with Gasteiger partial charge in [-0.2, -0.15) is 0 Å². The number of benzene rings is 2. The molecule has 4 rings (SSSR count). The van der Waals surface area contributed by atoms with Crippen LogP contribution in [0.25, 0.3) is 5.69 Å². The van der Waals surface area contributed by atoms with Crippen molar-refractivity contribution in [1.29, 1.82) is 0 Å². The minimum absolute atomic E-state index is 0.200. The highest BCUT2D eigenvalue weighted by Gasteiger charge is 2.26. The largest absolute Gasteiger partial charge is 0.334 e. The lowest BCUT2D eigenvalue weighted by atomic mass is 10.1. The van der Waals surface area contributed by atoms with Crippen LogP contribution < -0.4 is 10.6 Å². The van der Waals surface area contributed by atoms with Gasteiger partial charge in [0.2, 0.25) is 5.91 Å². The Hall–Kier alpha value is -2.84. The quantitative estimate of drug-likeness (QED) is 0.589. The van der Waals surface area contributed by atoms with Crippen LogP contribution in [0, 0.1) is 0 Å². The van der Waals surface area contributed by atoms with E-state index in [2.05, 4.69) is 33.0 Å². The van der Waals surface area contributed by atoms with E-state index in [1.54, 1.807) is 11.8 Å². The van der Waals surface area contributed by atoms with Gasteiger partial charge in [0.15, 0.2) is 5.16 Å². The second kappa shape index (κ2) is 8.67. The van der Waals surface area contributed by atoms with Crippen molar-refractivity contribution in [3.63, 3.8) is 0 Å². The molecule has 0 bridgehead atoms. The van der Waals surface area contributed by atoms with Crippen LogP contribution in [0.3, 0.4) is 0 Å². The number of carbonyl (C=O) groups is 2. The number of amides is 3. The molecule has 2 aromatic carbocycles. The number of rotatable bonds is 6. The number of aromatic nitrogens is 3. The Morgan fingerprint density at radius 2 is 1.83 bits per heavy atom. The van der Waals surface area contributed by atoms with Crippen LogP contribution >= 0.6 is 23.4 Å². The number of imide groups is 1. The molecule has 148 valence electrons. The Morgan fingerprint density at radius 3 is 2.55 bits per heavy atom. The molecule has 0 saturated carbocycles. The molecule has 0 radical (unpaired) electrons. The maximum atomic E-state index is 11.7. The second-order valence-corrected chi connectivity index (χ2v) is 7.99. The molecule has 1 saturated heterocycles. The summed E-state index contributed by atoms with van der Waals surface area (Å²) < 4.78 is 1.95. The van der Waals surface area contributed by atoms with E-state index in [1.165, 1.54) is 5.56 Å². The summed E-state index contributed by atoms with van der Waals surface area (Å²) in [5, 5.41) is 15.1. The molecule has 3 amide bonds. The molecule has 0 aliphatic carbocycles. The Morgan fingerprint density at radius 1 is 1.07 bits per heavy atom. The van der Waals surface area contributed by atoms with Crippen LogP contribution in [-0.4, -0.2) is 32.7 Å². The lowest BCUT2D eigenvalue weighted by Gasteiger charge is -2.23. The molecular weight excluding hydrogens is 410 g/mol. The van der Waals surface area contributed by atoms with Crippen LogP contribution in [0.5, 0.6) is 0 Å². The highest BCUT2D eigenvalue weighted by molar-refractivity contribution is 7.98. The minimum atomic E-state index is -0.484. The van der Waals surface area contributed by atoms with E-state index in [1.807, 2.05) is 47.0 Å². The second-order valence-electron chi connectivity index (χ2n) is 6.61. The zero-order chi connectivity index (χ0) is 20.2. The van der Waals surface area contributed by atoms with Gasteiger partial charge < -0.3 is 5.32 Å². The average Bonchev–Trinajstić information content (AvgIpc) is 3.09. The SMILES string of the molecule is O=C1CC(Cc2nnc(SCc3ccccc3)n2-c2ccc(Cl)cc2)NC(=O)N1. The molecule has 9 heteroatoms. The molecule has 29 heavy (non-hydrogen) atoms. The summed E-state index contributed by atoms with van der Waals surface area (Å²) in [7, 11) is 0. The number of urea groups is 1. The average molecular weight is 428 g/mol. The summed E-state index contributed by atoms with van der Waals surface area (Å²) in [6.45, 7) is 0. The first kappa shape index (κ1) is 19.5. The zero-order valence-corrected chi connectivity index (χ0v) is 16.9. The van der Waals surface area contributed by atoms with Crippen LogP contribution in [0.4, 0.5) is 4.79 Å². The minimum Gasteiger partial charge on any atom is -0.334 e. The Kier molecular flexibility index (Phi) is 5.82. The van der Waals surface area contributed by atoms with Gasteiger partial charge in [-0.1, -0.05) is 53.7 Å². The highest BCUT2D eigenvalue weighted by atomic mass is 35.5. The molecule has 2 heterocycles. The van der Waals surface area contributed by atoms with Gasteiger partial charge in [0.05, 0.1) is 0 Å². The normalized spacial score (nSPS) is 16.4. The molecule has 1 aromatic heterocycles. The monoisotopic (exact) mass is 427 g/mol. The fourth-order valence-corrected chi connectivity index (χ4v) is 4.17. The van der Waals surface area contributed by atoms with Crippen LogP contribution in [0.2, 0.25) is 5.02 Å². The lowest BCUT2D eigenvalue weighted by molar-refractivity contribution is -0.121. The zero-order valence-electron chi connectivity index (χ0n) is 15.3. The Labute approximate surface area is 176 Å². The molecule has 7 nitrogen and oxygen atoms in total. The smallest absolute Gasteiger partial charge is 0.321 e. The number of halogens is 1. The summed E-state index contributed by atoms with van der Waals surface area (Å²) in [5.41, 5.74) is 2.05. The number of hydrogen-bond acceptors (Lipinski definition) is 5. The number of hydrogen-bond donors (Lipinski definition) is 2. The Bertz CT molecular complexity index is 1010. The summed E-state index contributed by atoms with van der Waals surface area (Å²) in [5.74, 6) is 1.12. The first-order chi connectivity index (χ1) is 14.1. The molecule has 1 aliphatic rings. The van der Waals surface area contributed by atoms with Crippen molar-refractivity contribution in [3.05, 3.63) is 71.0 Å². The highest BCUT2D eigenvalue weighted by Crippen LogP contribution is 2.27. The molecular formula is C20H18ClN5O2S. The van der Waals surface area contributed by atoms with Gasteiger partial charge in [0.1, 0.15) is 5.82 Å². The molecule has 1 fully saturated rings. The Balaban J connectivity index is 1.62. The van der Waals surface area contributed by atoms with Gasteiger partial charge in [0, 0.05) is 35.3 Å². The van der Waals surface area contributed by atoms with Gasteiger partial charge >= 0.3 is 6.03 Å². The fraction of sp³-hybridized carbons (Fsp3) is 0.200. The van der Waals surface area contributed by atoms with E-state index in [0.29, 0.717) is 17.3 Å². The first-order valence-corrected chi connectivity index (χ1v) is 10.4. The maximum Gasteiger partial charge on any atom is 0.321 e. The first-order valence-electron chi connectivity index (χ1n) is 9.06. The van der Waals surface area contributed by atoms with Crippen LogP contribution in [0.1, 0.15) is 17.8 Å². The lowest BCUT2D eigenvalue weighted by Crippen LogP contribution is -2.53. The number of thioether (sulfide) groups is 1. The van der Waals surface area contributed by atoms with E-state index in [9.17, 15) is 9.59 Å². The summed E-state index contributed by atoms with van der Waals surface area (Å²) >= 11 is 7.62. The van der Waals surface area contributed by atoms with E-state index in [-0.39, 0.29) is 18.4 Å². The third-order valence-corrected chi connectivity index (χ3v) is 5.70. The molecule has 2 N–H and O–H groups in total. The number of nitrogens with zero attached hydrogens (tertiary/aromatic N) is 3.